The Morgan fingerprint density at radius 2 is 2.20 bits per heavy atom. The van der Waals surface area contributed by atoms with Crippen LogP contribution in [-0.2, 0) is 22.7 Å². The molecule has 1 aliphatic rings. The molecule has 0 saturated carbocycles. The number of rotatable bonds is 6. The summed E-state index contributed by atoms with van der Waals surface area (Å²) >= 11 is 0. The highest BCUT2D eigenvalue weighted by atomic mass is 16.5. The first-order valence-electron chi connectivity index (χ1n) is 8.25. The van der Waals surface area contributed by atoms with Gasteiger partial charge in [-0.15, -0.1) is 0 Å². The third-order valence-corrected chi connectivity index (χ3v) is 4.19. The summed E-state index contributed by atoms with van der Waals surface area (Å²) in [7, 11) is 1.72. The van der Waals surface area contributed by atoms with Gasteiger partial charge in [0.05, 0.1) is 11.6 Å². The lowest BCUT2D eigenvalue weighted by Crippen LogP contribution is -2.31. The molecular weight excluding hydrogens is 318 g/mol. The minimum atomic E-state index is -0.263. The molecule has 3 rings (SSSR count). The first-order valence-corrected chi connectivity index (χ1v) is 8.25. The van der Waals surface area contributed by atoms with E-state index in [1.54, 1.807) is 18.1 Å². The zero-order valence-electron chi connectivity index (χ0n) is 14.1. The second-order valence-electron chi connectivity index (χ2n) is 6.15. The summed E-state index contributed by atoms with van der Waals surface area (Å²) < 4.78 is 5.74. The van der Waals surface area contributed by atoms with Crippen LogP contribution in [0.4, 0.5) is 0 Å². The van der Waals surface area contributed by atoms with E-state index in [2.05, 4.69) is 10.3 Å². The number of pyridine rings is 1. The van der Waals surface area contributed by atoms with Crippen molar-refractivity contribution in [1.82, 2.24) is 15.2 Å². The summed E-state index contributed by atoms with van der Waals surface area (Å²) in [6.07, 6.45) is 2.02. The Bertz CT molecular complexity index is 749. The Balaban J connectivity index is 1.51. The van der Waals surface area contributed by atoms with Crippen molar-refractivity contribution in [2.75, 3.05) is 13.6 Å². The zero-order valence-corrected chi connectivity index (χ0v) is 14.1. The Morgan fingerprint density at radius 3 is 2.92 bits per heavy atom. The van der Waals surface area contributed by atoms with Crippen molar-refractivity contribution in [2.45, 2.75) is 19.6 Å². The van der Waals surface area contributed by atoms with Crippen molar-refractivity contribution in [1.29, 1.82) is 0 Å². The Morgan fingerprint density at radius 1 is 1.32 bits per heavy atom. The second-order valence-corrected chi connectivity index (χ2v) is 6.15. The molecule has 25 heavy (non-hydrogen) atoms. The van der Waals surface area contributed by atoms with Gasteiger partial charge >= 0.3 is 0 Å². The number of hydrogen-bond donors (Lipinski definition) is 1. The fraction of sp³-hybridized carbons (Fsp3) is 0.316. The molecule has 0 unspecified atom stereocenters. The van der Waals surface area contributed by atoms with E-state index in [9.17, 15) is 9.59 Å². The maximum atomic E-state index is 12.2. The van der Waals surface area contributed by atoms with Gasteiger partial charge in [0.25, 0.3) is 0 Å². The molecule has 2 amide bonds. The highest BCUT2D eigenvalue weighted by Gasteiger charge is 2.31. The van der Waals surface area contributed by atoms with E-state index in [-0.39, 0.29) is 24.2 Å². The van der Waals surface area contributed by atoms with Crippen molar-refractivity contribution in [2.24, 2.45) is 5.92 Å². The lowest BCUT2D eigenvalue weighted by Gasteiger charge is -2.12. The van der Waals surface area contributed by atoms with Crippen LogP contribution in [0.15, 0.2) is 48.7 Å². The molecular formula is C19H21N3O3. The van der Waals surface area contributed by atoms with Crippen molar-refractivity contribution in [3.05, 3.63) is 59.9 Å². The fourth-order valence-electron chi connectivity index (χ4n) is 2.76. The number of carbonyl (C=O) groups is 2. The quantitative estimate of drug-likeness (QED) is 0.870. The summed E-state index contributed by atoms with van der Waals surface area (Å²) in [5, 5.41) is 2.90. The molecule has 1 aromatic heterocycles. The monoisotopic (exact) mass is 339 g/mol. The van der Waals surface area contributed by atoms with E-state index in [0.29, 0.717) is 19.7 Å². The molecule has 0 spiro atoms. The van der Waals surface area contributed by atoms with Crippen LogP contribution >= 0.6 is 0 Å². The van der Waals surface area contributed by atoms with Crippen LogP contribution in [0.25, 0.3) is 0 Å². The second kappa shape index (κ2) is 7.79. The fourth-order valence-corrected chi connectivity index (χ4v) is 2.76. The van der Waals surface area contributed by atoms with E-state index in [0.717, 1.165) is 17.0 Å². The summed E-state index contributed by atoms with van der Waals surface area (Å²) in [5.41, 5.74) is 1.81. The van der Waals surface area contributed by atoms with Crippen molar-refractivity contribution >= 4 is 11.8 Å². The topological polar surface area (TPSA) is 71.5 Å². The number of nitrogens with zero attached hydrogens (tertiary/aromatic N) is 2. The summed E-state index contributed by atoms with van der Waals surface area (Å²) in [6, 6.07) is 13.3. The van der Waals surface area contributed by atoms with E-state index in [1.807, 2.05) is 42.5 Å². The Hall–Kier alpha value is -2.89. The van der Waals surface area contributed by atoms with Gasteiger partial charge in [0.2, 0.25) is 11.8 Å². The number of likely N-dealkylation sites (tertiary alicyclic amines) is 1. The van der Waals surface area contributed by atoms with Gasteiger partial charge < -0.3 is 15.0 Å². The summed E-state index contributed by atoms with van der Waals surface area (Å²) in [6.45, 7) is 1.29. The molecule has 130 valence electrons. The van der Waals surface area contributed by atoms with Crippen molar-refractivity contribution in [3.63, 3.8) is 0 Å². The van der Waals surface area contributed by atoms with E-state index >= 15 is 0 Å². The molecule has 6 heteroatoms. The van der Waals surface area contributed by atoms with E-state index in [1.165, 1.54) is 0 Å². The highest BCUT2D eigenvalue weighted by Crippen LogP contribution is 2.17. The van der Waals surface area contributed by atoms with E-state index < -0.39 is 0 Å². The molecule has 1 N–H and O–H groups in total. The number of carbonyl (C=O) groups excluding carboxylic acids is 2. The van der Waals surface area contributed by atoms with Gasteiger partial charge in [-0.3, -0.25) is 14.6 Å². The Kier molecular flexibility index (Phi) is 5.28. The zero-order chi connectivity index (χ0) is 17.6. The minimum Gasteiger partial charge on any atom is -0.487 e. The van der Waals surface area contributed by atoms with Crippen LogP contribution in [0, 0.1) is 5.92 Å². The molecule has 0 radical (unpaired) electrons. The summed E-state index contributed by atoms with van der Waals surface area (Å²) in [5.74, 6) is 0.400. The molecule has 0 bridgehead atoms. The van der Waals surface area contributed by atoms with Crippen LogP contribution in [0.5, 0.6) is 5.75 Å². The maximum absolute atomic E-state index is 12.2. The van der Waals surface area contributed by atoms with Crippen LogP contribution in [0.1, 0.15) is 17.7 Å². The lowest BCUT2D eigenvalue weighted by atomic mass is 10.1. The highest BCUT2D eigenvalue weighted by molar-refractivity contribution is 5.89. The largest absolute Gasteiger partial charge is 0.487 e. The number of nitrogens with one attached hydrogen (secondary N) is 1. The van der Waals surface area contributed by atoms with Gasteiger partial charge in [0, 0.05) is 32.8 Å². The first kappa shape index (κ1) is 17.0. The third-order valence-electron chi connectivity index (χ3n) is 4.19. The first-order chi connectivity index (χ1) is 12.1. The SMILES string of the molecule is CN1C[C@@H](C(=O)NCc2cccc(OCc3ccccn3)c2)CC1=O. The molecule has 6 nitrogen and oxygen atoms in total. The predicted molar refractivity (Wildman–Crippen MR) is 92.6 cm³/mol. The number of hydrogen-bond acceptors (Lipinski definition) is 4. The standard InChI is InChI=1S/C19H21N3O3/c1-22-12-15(10-18(22)23)19(24)21-11-14-5-4-7-17(9-14)25-13-16-6-2-3-8-20-16/h2-9,15H,10-13H2,1H3,(H,21,24)/t15-/m0/s1. The van der Waals surface area contributed by atoms with Gasteiger partial charge in [-0.2, -0.15) is 0 Å². The van der Waals surface area contributed by atoms with E-state index in [4.69, 9.17) is 4.74 Å². The molecule has 1 atom stereocenters. The van der Waals surface area contributed by atoms with Gasteiger partial charge in [-0.1, -0.05) is 18.2 Å². The van der Waals surface area contributed by atoms with Crippen LogP contribution in [0.2, 0.25) is 0 Å². The molecule has 1 fully saturated rings. The van der Waals surface area contributed by atoms with Gasteiger partial charge in [0.1, 0.15) is 12.4 Å². The number of amides is 2. The normalized spacial score (nSPS) is 16.8. The lowest BCUT2D eigenvalue weighted by molar-refractivity contribution is -0.128. The molecule has 2 aromatic rings. The number of benzene rings is 1. The third kappa shape index (κ3) is 4.56. The van der Waals surface area contributed by atoms with Gasteiger partial charge in [-0.25, -0.2) is 0 Å². The molecule has 1 aromatic carbocycles. The molecule has 1 saturated heterocycles. The van der Waals surface area contributed by atoms with Gasteiger partial charge in [-0.05, 0) is 29.8 Å². The number of aromatic nitrogens is 1. The average Bonchev–Trinajstić information content (AvgIpc) is 2.98. The molecule has 2 heterocycles. The maximum Gasteiger partial charge on any atom is 0.225 e. The van der Waals surface area contributed by atoms with Crippen LogP contribution < -0.4 is 10.1 Å². The predicted octanol–water partition coefficient (Wildman–Crippen LogP) is 1.76. The van der Waals surface area contributed by atoms with Gasteiger partial charge in [0.15, 0.2) is 0 Å². The van der Waals surface area contributed by atoms with Crippen LogP contribution in [-0.4, -0.2) is 35.3 Å². The van der Waals surface area contributed by atoms with Crippen LogP contribution in [0.3, 0.4) is 0 Å². The number of ether oxygens (including phenoxy) is 1. The average molecular weight is 339 g/mol. The summed E-state index contributed by atoms with van der Waals surface area (Å²) in [4.78, 5) is 29.5. The molecule has 0 aliphatic carbocycles. The smallest absolute Gasteiger partial charge is 0.225 e. The minimum absolute atomic E-state index is 0.0186. The van der Waals surface area contributed by atoms with Crippen molar-refractivity contribution < 1.29 is 14.3 Å². The molecule has 1 aliphatic heterocycles. The Labute approximate surface area is 146 Å². The van der Waals surface area contributed by atoms with Crippen molar-refractivity contribution in [3.8, 4) is 5.75 Å².